The molecule has 0 aromatic heterocycles. The molecule has 0 saturated heterocycles. The molecule has 0 unspecified atom stereocenters. The normalized spacial score (nSPS) is 7.18. The van der Waals surface area contributed by atoms with Gasteiger partial charge in [-0.15, -0.1) is 0 Å². The van der Waals surface area contributed by atoms with Crippen LogP contribution in [0.25, 0.3) is 0 Å². The maximum Gasteiger partial charge on any atom is 2.00 e. The van der Waals surface area contributed by atoms with Crippen molar-refractivity contribution in [1.82, 2.24) is 0 Å². The standard InChI is InChI=1S/Mg.H2O7S2.7H2O/c;1-8(2,3)7-9(4,5)6;;;;;;;/h;(H,1,2,3)(H,4,5,6);7*1H2/q+2;;;;;;;;/p-2. The van der Waals surface area contributed by atoms with Crippen LogP contribution in [-0.4, -0.2) is 87.3 Å². The minimum Gasteiger partial charge on any atom is -0.725 e. The molecule has 17 heteroatoms. The zero-order chi connectivity index (χ0) is 7.71. The maximum absolute atomic E-state index is 9.29. The molecule has 0 aliphatic carbocycles. The summed E-state index contributed by atoms with van der Waals surface area (Å²) in [5.74, 6) is 0. The summed E-state index contributed by atoms with van der Waals surface area (Å²) in [6.07, 6.45) is 0. The average molecular weight is 327 g/mol. The SMILES string of the molecule is O.O.O.O.O.O.O.O=S(=O)([O-])OS(=O)(=O)[O-].[Mg+2]. The fourth-order valence-electron chi connectivity index (χ4n) is 0.102. The predicted molar refractivity (Wildman–Crippen MR) is 51.5 cm³/mol. The van der Waals surface area contributed by atoms with Gasteiger partial charge in [-0.05, 0) is 0 Å². The molecule has 0 amide bonds. The monoisotopic (exact) mass is 326 g/mol. The molecule has 0 aromatic rings. The van der Waals surface area contributed by atoms with Crippen LogP contribution in [0.4, 0.5) is 0 Å². The molecule has 0 atom stereocenters. The van der Waals surface area contributed by atoms with Crippen LogP contribution < -0.4 is 0 Å². The molecule has 0 aliphatic rings. The van der Waals surface area contributed by atoms with Crippen LogP contribution in [0.2, 0.25) is 0 Å². The van der Waals surface area contributed by atoms with Crippen LogP contribution in [0.1, 0.15) is 0 Å². The van der Waals surface area contributed by atoms with Crippen LogP contribution in [0, 0.1) is 0 Å². The summed E-state index contributed by atoms with van der Waals surface area (Å²) in [6, 6.07) is 0. The Morgan fingerprint density at radius 3 is 0.706 bits per heavy atom. The summed E-state index contributed by atoms with van der Waals surface area (Å²) in [7, 11) is -10.9. The third kappa shape index (κ3) is 84.3. The van der Waals surface area contributed by atoms with E-state index in [9.17, 15) is 25.9 Å². The van der Waals surface area contributed by atoms with Crippen molar-refractivity contribution >= 4 is 43.9 Å². The molecule has 14 nitrogen and oxygen atoms in total. The first kappa shape index (κ1) is 66.9. The van der Waals surface area contributed by atoms with Crippen LogP contribution in [-0.2, 0) is 24.4 Å². The molecule has 0 aliphatic heterocycles. The van der Waals surface area contributed by atoms with Crippen LogP contribution in [0.15, 0.2) is 0 Å². The molecule has 0 radical (unpaired) electrons. The van der Waals surface area contributed by atoms with E-state index in [1.807, 2.05) is 0 Å². The average Bonchev–Trinajstić information content (AvgIpc) is 1.14. The molecule has 112 valence electrons. The molecule has 0 fully saturated rings. The van der Waals surface area contributed by atoms with Crippen LogP contribution in [0.5, 0.6) is 0 Å². The van der Waals surface area contributed by atoms with Crippen molar-refractivity contribution in [2.45, 2.75) is 0 Å². The van der Waals surface area contributed by atoms with Gasteiger partial charge in [0.1, 0.15) is 0 Å². The Morgan fingerprint density at radius 1 is 0.588 bits per heavy atom. The largest absolute Gasteiger partial charge is 2.00 e. The zero-order valence-corrected chi connectivity index (χ0v) is 10.9. The van der Waals surface area contributed by atoms with Gasteiger partial charge in [-0.3, -0.25) is 0 Å². The van der Waals surface area contributed by atoms with E-state index in [0.29, 0.717) is 0 Å². The van der Waals surface area contributed by atoms with E-state index in [1.54, 1.807) is 0 Å². The maximum atomic E-state index is 9.29. The van der Waals surface area contributed by atoms with Crippen LogP contribution >= 0.6 is 0 Å². The van der Waals surface area contributed by atoms with Gasteiger partial charge in [-0.1, -0.05) is 0 Å². The minimum absolute atomic E-state index is 0. The van der Waals surface area contributed by atoms with Crippen molar-refractivity contribution in [1.29, 1.82) is 0 Å². The molecule has 0 bridgehead atoms. The summed E-state index contributed by atoms with van der Waals surface area (Å²) >= 11 is 0. The van der Waals surface area contributed by atoms with Crippen molar-refractivity contribution in [2.75, 3.05) is 0 Å². The second kappa shape index (κ2) is 21.5. The molecule has 0 rings (SSSR count). The van der Waals surface area contributed by atoms with Gasteiger partial charge in [-0.2, -0.15) is 3.63 Å². The van der Waals surface area contributed by atoms with Crippen molar-refractivity contribution in [2.24, 2.45) is 0 Å². The summed E-state index contributed by atoms with van der Waals surface area (Å²) in [6.45, 7) is 0. The summed E-state index contributed by atoms with van der Waals surface area (Å²) in [5, 5.41) is 0. The summed E-state index contributed by atoms with van der Waals surface area (Å²) in [5.41, 5.74) is 0. The molecule has 17 heavy (non-hydrogen) atoms. The van der Waals surface area contributed by atoms with E-state index in [2.05, 4.69) is 3.63 Å². The molecule has 0 spiro atoms. The van der Waals surface area contributed by atoms with Crippen molar-refractivity contribution in [3.05, 3.63) is 0 Å². The first-order valence-corrected chi connectivity index (χ1v) is 4.00. The third-order valence-electron chi connectivity index (χ3n) is 0.167. The first-order valence-electron chi connectivity index (χ1n) is 1.33. The molecule has 0 heterocycles. The van der Waals surface area contributed by atoms with Gasteiger partial charge in [0.2, 0.25) is 20.8 Å². The van der Waals surface area contributed by atoms with Crippen LogP contribution in [0.3, 0.4) is 0 Å². The Bertz CT molecular complexity index is 239. The Balaban J connectivity index is -0.0000000114. The Morgan fingerprint density at radius 2 is 0.706 bits per heavy atom. The van der Waals surface area contributed by atoms with Gasteiger partial charge in [0, 0.05) is 0 Å². The fraction of sp³-hybridized carbons (Fsp3) is 0. The second-order valence-electron chi connectivity index (χ2n) is 0.885. The Labute approximate surface area is 112 Å². The predicted octanol–water partition coefficient (Wildman–Crippen LogP) is -8.23. The second-order valence-corrected chi connectivity index (χ2v) is 3.06. The van der Waals surface area contributed by atoms with Gasteiger partial charge in [-0.25, -0.2) is 16.8 Å². The van der Waals surface area contributed by atoms with E-state index >= 15 is 0 Å². The van der Waals surface area contributed by atoms with E-state index < -0.39 is 20.8 Å². The molecule has 0 aromatic carbocycles. The van der Waals surface area contributed by atoms with Gasteiger partial charge < -0.3 is 47.4 Å². The fourth-order valence-corrected chi connectivity index (χ4v) is 0.919. The van der Waals surface area contributed by atoms with Gasteiger partial charge >= 0.3 is 23.1 Å². The number of hydrogen-bond donors (Lipinski definition) is 0. The minimum atomic E-state index is -5.43. The van der Waals surface area contributed by atoms with E-state index in [0.717, 1.165) is 0 Å². The topological polar surface area (TPSA) is 344 Å². The quantitative estimate of drug-likeness (QED) is 0.267. The Kier molecular flexibility index (Phi) is 84.7. The van der Waals surface area contributed by atoms with E-state index in [-0.39, 0.29) is 61.4 Å². The van der Waals surface area contributed by atoms with Gasteiger partial charge in [0.05, 0.1) is 0 Å². The molecule has 0 saturated carbocycles. The summed E-state index contributed by atoms with van der Waals surface area (Å²) < 4.78 is 58.2. The zero-order valence-electron chi connectivity index (χ0n) is 7.88. The number of hydrogen-bond acceptors (Lipinski definition) is 7. The smallest absolute Gasteiger partial charge is 0.725 e. The molecular weight excluding hydrogens is 312 g/mol. The van der Waals surface area contributed by atoms with Gasteiger partial charge in [0.25, 0.3) is 0 Å². The van der Waals surface area contributed by atoms with Crippen molar-refractivity contribution in [3.8, 4) is 0 Å². The van der Waals surface area contributed by atoms with E-state index in [4.69, 9.17) is 0 Å². The van der Waals surface area contributed by atoms with Crippen molar-refractivity contribution in [3.63, 3.8) is 0 Å². The first-order chi connectivity index (χ1) is 3.71. The van der Waals surface area contributed by atoms with Gasteiger partial charge in [0.15, 0.2) is 0 Å². The third-order valence-corrected chi connectivity index (χ3v) is 1.50. The summed E-state index contributed by atoms with van der Waals surface area (Å²) in [4.78, 5) is 0. The molecular formula is H14MgO14S2. The van der Waals surface area contributed by atoms with E-state index in [1.165, 1.54) is 0 Å². The Hall–Kier alpha value is 0.266. The van der Waals surface area contributed by atoms with Crippen molar-refractivity contribution < 1.29 is 67.9 Å². The molecule has 14 N–H and O–H groups in total. The number of rotatable bonds is 2.